The van der Waals surface area contributed by atoms with Crippen LogP contribution in [-0.2, 0) is 4.74 Å². The molecule has 0 aromatic carbocycles. The van der Waals surface area contributed by atoms with Gasteiger partial charge in [-0.1, -0.05) is 0 Å². The molecule has 0 unspecified atom stereocenters. The van der Waals surface area contributed by atoms with Gasteiger partial charge >= 0.3 is 0 Å². The van der Waals surface area contributed by atoms with E-state index in [1.54, 1.807) is 7.11 Å². The SMILES string of the molecule is COCCCCN1CCC(CNC2CC2)CC1. The average molecular weight is 240 g/mol. The molecule has 0 bridgehead atoms. The van der Waals surface area contributed by atoms with E-state index in [1.165, 1.54) is 64.7 Å². The fraction of sp³-hybridized carbons (Fsp3) is 1.00. The van der Waals surface area contributed by atoms with E-state index in [4.69, 9.17) is 4.74 Å². The zero-order chi connectivity index (χ0) is 11.9. The summed E-state index contributed by atoms with van der Waals surface area (Å²) in [4.78, 5) is 2.63. The maximum Gasteiger partial charge on any atom is 0.0462 e. The molecule has 0 amide bonds. The summed E-state index contributed by atoms with van der Waals surface area (Å²) in [6.45, 7) is 6.07. The first-order chi connectivity index (χ1) is 8.38. The van der Waals surface area contributed by atoms with Crippen LogP contribution in [0.5, 0.6) is 0 Å². The maximum atomic E-state index is 5.08. The lowest BCUT2D eigenvalue weighted by molar-refractivity contribution is 0.161. The lowest BCUT2D eigenvalue weighted by Gasteiger charge is -2.32. The van der Waals surface area contributed by atoms with Crippen molar-refractivity contribution in [3.8, 4) is 0 Å². The van der Waals surface area contributed by atoms with Gasteiger partial charge in [0.25, 0.3) is 0 Å². The second-order valence-corrected chi connectivity index (χ2v) is 5.67. The molecule has 1 N–H and O–H groups in total. The molecule has 2 aliphatic rings. The summed E-state index contributed by atoms with van der Waals surface area (Å²) >= 11 is 0. The number of hydrogen-bond acceptors (Lipinski definition) is 3. The first-order valence-corrected chi connectivity index (χ1v) is 7.33. The number of methoxy groups -OCH3 is 1. The van der Waals surface area contributed by atoms with Gasteiger partial charge in [0.2, 0.25) is 0 Å². The molecular formula is C14H28N2O. The van der Waals surface area contributed by atoms with Crippen molar-refractivity contribution in [1.29, 1.82) is 0 Å². The van der Waals surface area contributed by atoms with E-state index < -0.39 is 0 Å². The van der Waals surface area contributed by atoms with Crippen LogP contribution in [0.25, 0.3) is 0 Å². The van der Waals surface area contributed by atoms with Gasteiger partial charge < -0.3 is 15.0 Å². The second-order valence-electron chi connectivity index (χ2n) is 5.67. The van der Waals surface area contributed by atoms with E-state index >= 15 is 0 Å². The van der Waals surface area contributed by atoms with Gasteiger partial charge in [0.05, 0.1) is 0 Å². The molecule has 1 saturated carbocycles. The average Bonchev–Trinajstić information content (AvgIpc) is 3.18. The summed E-state index contributed by atoms with van der Waals surface area (Å²) in [5, 5.41) is 3.67. The van der Waals surface area contributed by atoms with E-state index in [9.17, 15) is 0 Å². The molecule has 0 spiro atoms. The third kappa shape index (κ3) is 5.36. The van der Waals surface area contributed by atoms with Crippen LogP contribution in [0, 0.1) is 5.92 Å². The first kappa shape index (κ1) is 13.3. The summed E-state index contributed by atoms with van der Waals surface area (Å²) in [6, 6.07) is 0.877. The van der Waals surface area contributed by atoms with E-state index in [2.05, 4.69) is 10.2 Å². The Kier molecular flexibility index (Phi) is 5.75. The molecule has 0 atom stereocenters. The van der Waals surface area contributed by atoms with Crippen molar-refractivity contribution in [2.24, 2.45) is 5.92 Å². The molecule has 1 heterocycles. The molecule has 2 rings (SSSR count). The Labute approximate surface area is 106 Å². The van der Waals surface area contributed by atoms with Gasteiger partial charge in [-0.05, 0) is 70.6 Å². The van der Waals surface area contributed by atoms with Crippen LogP contribution in [0.4, 0.5) is 0 Å². The Morgan fingerprint density at radius 2 is 1.88 bits per heavy atom. The molecule has 3 nitrogen and oxygen atoms in total. The van der Waals surface area contributed by atoms with Crippen LogP contribution < -0.4 is 5.32 Å². The molecule has 0 aromatic heterocycles. The Balaban J connectivity index is 1.48. The summed E-state index contributed by atoms with van der Waals surface area (Å²) in [6.07, 6.45) is 8.11. The third-order valence-corrected chi connectivity index (χ3v) is 4.05. The third-order valence-electron chi connectivity index (χ3n) is 4.05. The van der Waals surface area contributed by atoms with Crippen LogP contribution >= 0.6 is 0 Å². The fourth-order valence-corrected chi connectivity index (χ4v) is 2.62. The molecule has 0 radical (unpaired) electrons. The van der Waals surface area contributed by atoms with Gasteiger partial charge in [-0.25, -0.2) is 0 Å². The molecule has 0 aromatic rings. The molecule has 100 valence electrons. The Morgan fingerprint density at radius 1 is 1.12 bits per heavy atom. The van der Waals surface area contributed by atoms with E-state index in [1.807, 2.05) is 0 Å². The van der Waals surface area contributed by atoms with Gasteiger partial charge in [-0.2, -0.15) is 0 Å². The predicted octanol–water partition coefficient (Wildman–Crippen LogP) is 1.88. The van der Waals surface area contributed by atoms with Crippen LogP contribution in [0.1, 0.15) is 38.5 Å². The Hall–Kier alpha value is -0.120. The smallest absolute Gasteiger partial charge is 0.0462 e. The number of rotatable bonds is 8. The van der Waals surface area contributed by atoms with Crippen LogP contribution in [0.15, 0.2) is 0 Å². The van der Waals surface area contributed by atoms with Crippen molar-refractivity contribution in [3.05, 3.63) is 0 Å². The van der Waals surface area contributed by atoms with Crippen LogP contribution in [0.3, 0.4) is 0 Å². The lowest BCUT2D eigenvalue weighted by atomic mass is 9.96. The number of nitrogens with zero attached hydrogens (tertiary/aromatic N) is 1. The van der Waals surface area contributed by atoms with Gasteiger partial charge in [0.1, 0.15) is 0 Å². The van der Waals surface area contributed by atoms with Crippen molar-refractivity contribution >= 4 is 0 Å². The summed E-state index contributed by atoms with van der Waals surface area (Å²) < 4.78 is 5.08. The normalized spacial score (nSPS) is 23.1. The quantitative estimate of drug-likeness (QED) is 0.656. The number of ether oxygens (including phenoxy) is 1. The monoisotopic (exact) mass is 240 g/mol. The molecule has 3 heteroatoms. The van der Waals surface area contributed by atoms with Crippen molar-refractivity contribution in [1.82, 2.24) is 10.2 Å². The molecule has 1 aliphatic carbocycles. The van der Waals surface area contributed by atoms with Crippen molar-refractivity contribution in [2.45, 2.75) is 44.6 Å². The lowest BCUT2D eigenvalue weighted by Crippen LogP contribution is -2.38. The number of piperidine rings is 1. The first-order valence-electron chi connectivity index (χ1n) is 7.33. The Morgan fingerprint density at radius 3 is 2.53 bits per heavy atom. The van der Waals surface area contributed by atoms with Gasteiger partial charge in [-0.3, -0.25) is 0 Å². The zero-order valence-electron chi connectivity index (χ0n) is 11.3. The highest BCUT2D eigenvalue weighted by atomic mass is 16.5. The van der Waals surface area contributed by atoms with E-state index in [0.717, 1.165) is 18.6 Å². The minimum Gasteiger partial charge on any atom is -0.385 e. The van der Waals surface area contributed by atoms with Gasteiger partial charge in [0.15, 0.2) is 0 Å². The van der Waals surface area contributed by atoms with E-state index in [0.29, 0.717) is 0 Å². The van der Waals surface area contributed by atoms with Crippen LogP contribution in [-0.4, -0.2) is 50.8 Å². The van der Waals surface area contributed by atoms with Crippen molar-refractivity contribution < 1.29 is 4.74 Å². The van der Waals surface area contributed by atoms with Gasteiger partial charge in [0, 0.05) is 19.8 Å². The fourth-order valence-electron chi connectivity index (χ4n) is 2.62. The number of hydrogen-bond donors (Lipinski definition) is 1. The Bertz CT molecular complexity index is 198. The predicted molar refractivity (Wildman–Crippen MR) is 71.3 cm³/mol. The maximum absolute atomic E-state index is 5.08. The summed E-state index contributed by atoms with van der Waals surface area (Å²) in [5.41, 5.74) is 0. The zero-order valence-corrected chi connectivity index (χ0v) is 11.3. The minimum atomic E-state index is 0.877. The molecular weight excluding hydrogens is 212 g/mol. The van der Waals surface area contributed by atoms with E-state index in [-0.39, 0.29) is 0 Å². The summed E-state index contributed by atoms with van der Waals surface area (Å²) in [7, 11) is 1.79. The van der Waals surface area contributed by atoms with Crippen molar-refractivity contribution in [3.63, 3.8) is 0 Å². The summed E-state index contributed by atoms with van der Waals surface area (Å²) in [5.74, 6) is 0.936. The standard InChI is InChI=1S/C14H28N2O/c1-17-11-3-2-8-16-9-6-13(7-10-16)12-15-14-4-5-14/h13-15H,2-12H2,1H3. The molecule has 1 aliphatic heterocycles. The largest absolute Gasteiger partial charge is 0.385 e. The highest BCUT2D eigenvalue weighted by Crippen LogP contribution is 2.21. The number of likely N-dealkylation sites (tertiary alicyclic amines) is 1. The molecule has 2 fully saturated rings. The number of unbranched alkanes of at least 4 members (excludes halogenated alkanes) is 1. The topological polar surface area (TPSA) is 24.5 Å². The highest BCUT2D eigenvalue weighted by molar-refractivity contribution is 4.83. The highest BCUT2D eigenvalue weighted by Gasteiger charge is 2.23. The van der Waals surface area contributed by atoms with Crippen LogP contribution in [0.2, 0.25) is 0 Å². The van der Waals surface area contributed by atoms with Crippen molar-refractivity contribution in [2.75, 3.05) is 39.9 Å². The van der Waals surface area contributed by atoms with Gasteiger partial charge in [-0.15, -0.1) is 0 Å². The minimum absolute atomic E-state index is 0.877. The molecule has 1 saturated heterocycles. The second kappa shape index (κ2) is 7.34. The number of nitrogens with one attached hydrogen (secondary N) is 1. The molecule has 17 heavy (non-hydrogen) atoms.